The molecular weight excluding hydrogens is 293 g/mol. The Balaban J connectivity index is 2.67. The average molecular weight is 315 g/mol. The second kappa shape index (κ2) is 8.80. The third-order valence-electron chi connectivity index (χ3n) is 2.90. The Hall–Kier alpha value is -1.39. The topological polar surface area (TPSA) is 78.7 Å². The fourth-order valence-electron chi connectivity index (χ4n) is 1.85. The fraction of sp³-hybridized carbons (Fsp3) is 0.571. The first-order valence-corrected chi connectivity index (χ1v) is 8.91. The number of rotatable bonds is 10. The Labute approximate surface area is 125 Å². The third-order valence-corrected chi connectivity index (χ3v) is 4.91. The predicted molar refractivity (Wildman–Crippen MR) is 82.0 cm³/mol. The molecule has 0 heterocycles. The van der Waals surface area contributed by atoms with Crippen LogP contribution in [0.3, 0.4) is 0 Å². The monoisotopic (exact) mass is 315 g/mol. The normalized spacial score (nSPS) is 13.6. The lowest BCUT2D eigenvalue weighted by Crippen LogP contribution is -2.03. The van der Waals surface area contributed by atoms with Gasteiger partial charge in [0.1, 0.15) is 5.75 Å². The molecular formula is C14H22NO5P. The van der Waals surface area contributed by atoms with E-state index in [1.165, 1.54) is 24.3 Å². The van der Waals surface area contributed by atoms with Crippen LogP contribution in [0.5, 0.6) is 5.75 Å². The largest absolute Gasteiger partial charge is 0.424 e. The summed E-state index contributed by atoms with van der Waals surface area (Å²) in [6.45, 7) is 4.17. The summed E-state index contributed by atoms with van der Waals surface area (Å²) in [5, 5.41) is 10.6. The number of hydrogen-bond acceptors (Lipinski definition) is 5. The lowest BCUT2D eigenvalue weighted by Gasteiger charge is -2.18. The maximum absolute atomic E-state index is 12.6. The number of nitro benzene ring substituents is 1. The minimum atomic E-state index is -3.19. The number of hydrogen-bond donors (Lipinski definition) is 0. The Bertz CT molecular complexity index is 489. The summed E-state index contributed by atoms with van der Waals surface area (Å²) < 4.78 is 23.3. The van der Waals surface area contributed by atoms with Crippen LogP contribution in [0, 0.1) is 10.1 Å². The molecule has 0 fully saturated rings. The Morgan fingerprint density at radius 3 is 2.33 bits per heavy atom. The zero-order valence-corrected chi connectivity index (χ0v) is 13.4. The van der Waals surface area contributed by atoms with Crippen LogP contribution in [0.4, 0.5) is 5.69 Å². The van der Waals surface area contributed by atoms with E-state index in [0.29, 0.717) is 18.5 Å². The fourth-order valence-corrected chi connectivity index (χ4v) is 3.58. The van der Waals surface area contributed by atoms with E-state index >= 15 is 0 Å². The molecule has 0 amide bonds. The summed E-state index contributed by atoms with van der Waals surface area (Å²) in [7, 11) is -3.19. The molecule has 1 unspecified atom stereocenters. The molecule has 1 aromatic rings. The van der Waals surface area contributed by atoms with Crippen LogP contribution in [0.2, 0.25) is 0 Å². The number of benzene rings is 1. The second-order valence-electron chi connectivity index (χ2n) is 4.66. The van der Waals surface area contributed by atoms with Gasteiger partial charge in [0.25, 0.3) is 5.69 Å². The Morgan fingerprint density at radius 1 is 1.14 bits per heavy atom. The summed E-state index contributed by atoms with van der Waals surface area (Å²) in [4.78, 5) is 10.1. The van der Waals surface area contributed by atoms with Gasteiger partial charge in [-0.1, -0.05) is 26.2 Å². The molecule has 0 N–H and O–H groups in total. The highest BCUT2D eigenvalue weighted by Gasteiger charge is 2.25. The molecule has 0 saturated carbocycles. The average Bonchev–Trinajstić information content (AvgIpc) is 2.44. The van der Waals surface area contributed by atoms with Crippen LogP contribution < -0.4 is 4.52 Å². The first-order chi connectivity index (χ1) is 10.0. The van der Waals surface area contributed by atoms with Gasteiger partial charge < -0.3 is 9.05 Å². The molecule has 7 heteroatoms. The zero-order chi connectivity index (χ0) is 15.7. The molecule has 0 aliphatic carbocycles. The van der Waals surface area contributed by atoms with E-state index in [9.17, 15) is 14.7 Å². The lowest BCUT2D eigenvalue weighted by molar-refractivity contribution is -0.384. The molecule has 0 aliphatic heterocycles. The van der Waals surface area contributed by atoms with Gasteiger partial charge in [-0.3, -0.25) is 10.1 Å². The van der Waals surface area contributed by atoms with Crippen molar-refractivity contribution < 1.29 is 18.5 Å². The highest BCUT2D eigenvalue weighted by molar-refractivity contribution is 7.54. The molecule has 0 aliphatic rings. The lowest BCUT2D eigenvalue weighted by atomic mass is 10.2. The second-order valence-corrected chi connectivity index (χ2v) is 6.77. The van der Waals surface area contributed by atoms with Crippen molar-refractivity contribution in [1.29, 1.82) is 0 Å². The van der Waals surface area contributed by atoms with Crippen LogP contribution in [-0.2, 0) is 9.09 Å². The van der Waals surface area contributed by atoms with Gasteiger partial charge in [0, 0.05) is 12.1 Å². The molecule has 0 aromatic heterocycles. The van der Waals surface area contributed by atoms with Gasteiger partial charge in [-0.2, -0.15) is 0 Å². The maximum Gasteiger partial charge on any atom is 0.379 e. The van der Waals surface area contributed by atoms with Crippen LogP contribution in [0.15, 0.2) is 24.3 Å². The molecule has 0 saturated heterocycles. The van der Waals surface area contributed by atoms with Gasteiger partial charge in [0.05, 0.1) is 17.7 Å². The van der Waals surface area contributed by atoms with Crippen molar-refractivity contribution in [2.45, 2.75) is 39.5 Å². The van der Waals surface area contributed by atoms with Gasteiger partial charge in [0.2, 0.25) is 0 Å². The van der Waals surface area contributed by atoms with E-state index in [1.807, 2.05) is 0 Å². The number of non-ortho nitro benzene ring substituents is 1. The van der Waals surface area contributed by atoms with Crippen molar-refractivity contribution in [3.63, 3.8) is 0 Å². The predicted octanol–water partition coefficient (Wildman–Crippen LogP) is 4.78. The summed E-state index contributed by atoms with van der Waals surface area (Å²) in [5.74, 6) is 0.327. The van der Waals surface area contributed by atoms with Gasteiger partial charge in [-0.25, -0.2) is 4.57 Å². The molecule has 0 radical (unpaired) electrons. The Morgan fingerprint density at radius 2 is 1.81 bits per heavy atom. The first kappa shape index (κ1) is 17.7. The van der Waals surface area contributed by atoms with Gasteiger partial charge >= 0.3 is 7.60 Å². The molecule has 1 aromatic carbocycles. The standard InChI is InChI=1S/C14H22NO5P/c1-3-5-6-7-12-21(18,19-4-2)20-14-10-8-13(9-11-14)15(16)17/h8-11H,3-7,12H2,1-2H3. The van der Waals surface area contributed by atoms with Crippen molar-refractivity contribution in [3.05, 3.63) is 34.4 Å². The quantitative estimate of drug-likeness (QED) is 0.268. The van der Waals surface area contributed by atoms with Crippen LogP contribution in [0.1, 0.15) is 39.5 Å². The van der Waals surface area contributed by atoms with Gasteiger partial charge in [0.15, 0.2) is 0 Å². The molecule has 0 bridgehead atoms. The van der Waals surface area contributed by atoms with Gasteiger partial charge in [-0.05, 0) is 25.5 Å². The maximum atomic E-state index is 12.6. The summed E-state index contributed by atoms with van der Waals surface area (Å²) in [5.41, 5.74) is -0.0310. The molecule has 21 heavy (non-hydrogen) atoms. The summed E-state index contributed by atoms with van der Waals surface area (Å²) in [6, 6.07) is 5.52. The van der Waals surface area contributed by atoms with Crippen molar-refractivity contribution in [2.75, 3.05) is 12.8 Å². The van der Waals surface area contributed by atoms with E-state index in [0.717, 1.165) is 25.7 Å². The van der Waals surface area contributed by atoms with Crippen molar-refractivity contribution >= 4 is 13.3 Å². The molecule has 1 atom stereocenters. The van der Waals surface area contributed by atoms with E-state index in [-0.39, 0.29) is 5.69 Å². The molecule has 118 valence electrons. The van der Waals surface area contributed by atoms with Crippen molar-refractivity contribution in [1.82, 2.24) is 0 Å². The van der Waals surface area contributed by atoms with E-state index in [4.69, 9.17) is 9.05 Å². The zero-order valence-electron chi connectivity index (χ0n) is 12.5. The molecule has 0 spiro atoms. The number of nitrogens with zero attached hydrogens (tertiary/aromatic N) is 1. The van der Waals surface area contributed by atoms with Crippen LogP contribution >= 0.6 is 7.60 Å². The summed E-state index contributed by atoms with van der Waals surface area (Å²) in [6.07, 6.45) is 4.30. The molecule has 6 nitrogen and oxygen atoms in total. The summed E-state index contributed by atoms with van der Waals surface area (Å²) >= 11 is 0. The van der Waals surface area contributed by atoms with E-state index in [1.54, 1.807) is 6.92 Å². The SMILES string of the molecule is CCCCCCP(=O)(OCC)Oc1ccc([N+](=O)[O-])cc1. The van der Waals surface area contributed by atoms with Crippen molar-refractivity contribution in [3.8, 4) is 5.75 Å². The Kier molecular flexibility index (Phi) is 7.40. The number of unbranched alkanes of at least 4 members (excludes halogenated alkanes) is 3. The van der Waals surface area contributed by atoms with Crippen LogP contribution in [-0.4, -0.2) is 17.7 Å². The highest BCUT2D eigenvalue weighted by Crippen LogP contribution is 2.49. The highest BCUT2D eigenvalue weighted by atomic mass is 31.2. The molecule has 1 rings (SSSR count). The minimum absolute atomic E-state index is 0.0310. The van der Waals surface area contributed by atoms with Crippen LogP contribution in [0.25, 0.3) is 0 Å². The smallest absolute Gasteiger partial charge is 0.379 e. The van der Waals surface area contributed by atoms with Gasteiger partial charge in [-0.15, -0.1) is 0 Å². The van der Waals surface area contributed by atoms with E-state index in [2.05, 4.69) is 6.92 Å². The van der Waals surface area contributed by atoms with E-state index < -0.39 is 12.5 Å². The van der Waals surface area contributed by atoms with Crippen molar-refractivity contribution in [2.24, 2.45) is 0 Å². The number of nitro groups is 1. The third kappa shape index (κ3) is 6.27. The first-order valence-electron chi connectivity index (χ1n) is 7.18. The minimum Gasteiger partial charge on any atom is -0.424 e.